The van der Waals surface area contributed by atoms with E-state index < -0.39 is 5.38 Å². The third-order valence-corrected chi connectivity index (χ3v) is 5.70. The Morgan fingerprint density at radius 2 is 1.72 bits per heavy atom. The molecule has 29 heavy (non-hydrogen) atoms. The Morgan fingerprint density at radius 3 is 2.24 bits per heavy atom. The number of carbonyl (C=O) groups is 2. The molecule has 0 radical (unpaired) electrons. The summed E-state index contributed by atoms with van der Waals surface area (Å²) in [6.45, 7) is 8.84. The molecule has 0 saturated heterocycles. The zero-order chi connectivity index (χ0) is 21.6. The van der Waals surface area contributed by atoms with Crippen molar-refractivity contribution in [2.45, 2.75) is 46.2 Å². The maximum atomic E-state index is 13.3. The summed E-state index contributed by atoms with van der Waals surface area (Å²) in [6.07, 6.45) is 0. The second-order valence-corrected chi connectivity index (χ2v) is 9.29. The van der Waals surface area contributed by atoms with Gasteiger partial charge < -0.3 is 9.80 Å². The van der Waals surface area contributed by atoms with Crippen LogP contribution in [0.4, 0.5) is 4.39 Å². The van der Waals surface area contributed by atoms with E-state index in [2.05, 4.69) is 0 Å². The number of rotatable bonds is 9. The van der Waals surface area contributed by atoms with Crippen LogP contribution in [0, 0.1) is 18.7 Å². The molecular weight excluding hydrogens is 411 g/mol. The molecule has 0 saturated carbocycles. The van der Waals surface area contributed by atoms with Gasteiger partial charge in [0.2, 0.25) is 11.8 Å². The van der Waals surface area contributed by atoms with Crippen molar-refractivity contribution in [2.75, 3.05) is 13.1 Å². The second kappa shape index (κ2) is 10.7. The lowest BCUT2D eigenvalue weighted by Gasteiger charge is -2.29. The third kappa shape index (κ3) is 7.12. The summed E-state index contributed by atoms with van der Waals surface area (Å²) in [4.78, 5) is 30.0. The molecular formula is C22H28ClFN2O2S. The molecule has 0 bridgehead atoms. The van der Waals surface area contributed by atoms with Gasteiger partial charge in [0.15, 0.2) is 0 Å². The average molecular weight is 439 g/mol. The average Bonchev–Trinajstić information content (AvgIpc) is 3.05. The number of halogens is 2. The van der Waals surface area contributed by atoms with Crippen molar-refractivity contribution in [2.24, 2.45) is 5.92 Å². The highest BCUT2D eigenvalue weighted by atomic mass is 35.5. The van der Waals surface area contributed by atoms with Gasteiger partial charge in [-0.3, -0.25) is 9.59 Å². The smallest absolute Gasteiger partial charge is 0.242 e. The van der Waals surface area contributed by atoms with Crippen molar-refractivity contribution in [1.82, 2.24) is 9.80 Å². The first-order valence-corrected chi connectivity index (χ1v) is 11.0. The number of hydrogen-bond donors (Lipinski definition) is 0. The van der Waals surface area contributed by atoms with Crippen LogP contribution in [0.2, 0.25) is 0 Å². The molecule has 1 aromatic carbocycles. The molecule has 158 valence electrons. The Morgan fingerprint density at radius 1 is 1.07 bits per heavy atom. The highest BCUT2D eigenvalue weighted by Crippen LogP contribution is 2.20. The normalized spacial score (nSPS) is 12.1. The summed E-state index contributed by atoms with van der Waals surface area (Å²) >= 11 is 7.59. The van der Waals surface area contributed by atoms with Crippen LogP contribution in [0.3, 0.4) is 0 Å². The first kappa shape index (κ1) is 23.4. The summed E-state index contributed by atoms with van der Waals surface area (Å²) in [7, 11) is 0. The SMILES string of the molecule is Cc1ccsc1CN(Cc1ccc(F)cc1)C(=O)CN(CC(C)C)C(=O)C(C)Cl. The molecule has 2 amide bonds. The largest absolute Gasteiger partial charge is 0.332 e. The second-order valence-electron chi connectivity index (χ2n) is 7.63. The quantitative estimate of drug-likeness (QED) is 0.526. The number of benzene rings is 1. The van der Waals surface area contributed by atoms with Crippen LogP contribution in [0.5, 0.6) is 0 Å². The number of nitrogens with zero attached hydrogens (tertiary/aromatic N) is 2. The Labute approximate surface area is 181 Å². The van der Waals surface area contributed by atoms with E-state index in [1.807, 2.05) is 32.2 Å². The van der Waals surface area contributed by atoms with Crippen molar-refractivity contribution in [3.8, 4) is 0 Å². The molecule has 7 heteroatoms. The summed E-state index contributed by atoms with van der Waals surface area (Å²) in [6, 6.07) is 8.14. The van der Waals surface area contributed by atoms with Crippen LogP contribution in [-0.4, -0.2) is 40.1 Å². The predicted octanol–water partition coefficient (Wildman–Crippen LogP) is 4.84. The first-order valence-electron chi connectivity index (χ1n) is 9.65. The van der Waals surface area contributed by atoms with Crippen LogP contribution in [0.15, 0.2) is 35.7 Å². The molecule has 0 aliphatic rings. The van der Waals surface area contributed by atoms with Gasteiger partial charge in [-0.2, -0.15) is 0 Å². The van der Waals surface area contributed by atoms with Gasteiger partial charge in [-0.1, -0.05) is 26.0 Å². The van der Waals surface area contributed by atoms with Crippen molar-refractivity contribution in [3.63, 3.8) is 0 Å². The van der Waals surface area contributed by atoms with Crippen LogP contribution >= 0.6 is 22.9 Å². The van der Waals surface area contributed by atoms with Crippen LogP contribution in [-0.2, 0) is 22.7 Å². The minimum atomic E-state index is -0.688. The molecule has 0 aliphatic heterocycles. The predicted molar refractivity (Wildman–Crippen MR) is 116 cm³/mol. The molecule has 1 aromatic heterocycles. The Hall–Kier alpha value is -1.92. The molecule has 0 spiro atoms. The number of thiophene rings is 1. The molecule has 0 N–H and O–H groups in total. The highest BCUT2D eigenvalue weighted by molar-refractivity contribution is 7.10. The van der Waals surface area contributed by atoms with Gasteiger partial charge in [0, 0.05) is 18.0 Å². The maximum Gasteiger partial charge on any atom is 0.242 e. The van der Waals surface area contributed by atoms with Crippen LogP contribution in [0.1, 0.15) is 36.8 Å². The lowest BCUT2D eigenvalue weighted by molar-refractivity contribution is -0.141. The lowest BCUT2D eigenvalue weighted by atomic mass is 10.1. The number of hydrogen-bond acceptors (Lipinski definition) is 3. The van der Waals surface area contributed by atoms with Crippen LogP contribution in [0.25, 0.3) is 0 Å². The van der Waals surface area contributed by atoms with Gasteiger partial charge in [0.05, 0.1) is 13.1 Å². The summed E-state index contributed by atoms with van der Waals surface area (Å²) in [5.74, 6) is -0.506. The maximum absolute atomic E-state index is 13.3. The van der Waals surface area contributed by atoms with Gasteiger partial charge in [0.1, 0.15) is 11.2 Å². The molecule has 4 nitrogen and oxygen atoms in total. The highest BCUT2D eigenvalue weighted by Gasteiger charge is 2.25. The zero-order valence-corrected chi connectivity index (χ0v) is 18.9. The van der Waals surface area contributed by atoms with E-state index in [0.29, 0.717) is 19.6 Å². The molecule has 1 heterocycles. The first-order chi connectivity index (χ1) is 13.7. The van der Waals surface area contributed by atoms with Gasteiger partial charge >= 0.3 is 0 Å². The molecule has 2 rings (SSSR count). The fourth-order valence-corrected chi connectivity index (χ4v) is 4.03. The Bertz CT molecular complexity index is 820. The summed E-state index contributed by atoms with van der Waals surface area (Å²) < 4.78 is 13.3. The van der Waals surface area contributed by atoms with E-state index in [4.69, 9.17) is 11.6 Å². The van der Waals surface area contributed by atoms with Gasteiger partial charge in [-0.15, -0.1) is 22.9 Å². The number of alkyl halides is 1. The minimum absolute atomic E-state index is 0.0281. The summed E-state index contributed by atoms with van der Waals surface area (Å²) in [5, 5.41) is 1.31. The van der Waals surface area contributed by atoms with Crippen molar-refractivity contribution in [3.05, 3.63) is 57.5 Å². The molecule has 2 aromatic rings. The van der Waals surface area contributed by atoms with E-state index in [-0.39, 0.29) is 30.1 Å². The molecule has 0 aliphatic carbocycles. The Balaban J connectivity index is 2.22. The van der Waals surface area contributed by atoms with Gasteiger partial charge in [-0.05, 0) is 54.5 Å². The molecule has 0 fully saturated rings. The lowest BCUT2D eigenvalue weighted by Crippen LogP contribution is -2.45. The number of carbonyl (C=O) groups excluding carboxylic acids is 2. The fourth-order valence-electron chi connectivity index (χ4n) is 2.97. The van der Waals surface area contributed by atoms with E-state index >= 15 is 0 Å². The van der Waals surface area contributed by atoms with E-state index in [0.717, 1.165) is 16.0 Å². The van der Waals surface area contributed by atoms with Crippen molar-refractivity contribution >= 4 is 34.8 Å². The zero-order valence-electron chi connectivity index (χ0n) is 17.3. The van der Waals surface area contributed by atoms with Crippen molar-refractivity contribution < 1.29 is 14.0 Å². The third-order valence-electron chi connectivity index (χ3n) is 4.51. The van der Waals surface area contributed by atoms with E-state index in [9.17, 15) is 14.0 Å². The minimum Gasteiger partial charge on any atom is -0.332 e. The van der Waals surface area contributed by atoms with Crippen LogP contribution < -0.4 is 0 Å². The van der Waals surface area contributed by atoms with E-state index in [1.54, 1.807) is 35.3 Å². The van der Waals surface area contributed by atoms with Gasteiger partial charge in [0.25, 0.3) is 0 Å². The monoisotopic (exact) mass is 438 g/mol. The molecule has 1 unspecified atom stereocenters. The number of amides is 2. The molecule has 1 atom stereocenters. The van der Waals surface area contributed by atoms with E-state index in [1.165, 1.54) is 17.0 Å². The topological polar surface area (TPSA) is 40.6 Å². The standard InChI is InChI=1S/C22H28ClFN2O2S/c1-15(2)11-26(22(28)17(4)23)14-21(27)25(13-20-16(3)9-10-29-20)12-18-5-7-19(24)8-6-18/h5-10,15,17H,11-14H2,1-4H3. The Kier molecular flexibility index (Phi) is 8.65. The van der Waals surface area contributed by atoms with Crippen molar-refractivity contribution in [1.29, 1.82) is 0 Å². The fraction of sp³-hybridized carbons (Fsp3) is 0.455. The number of aryl methyl sites for hydroxylation is 1. The van der Waals surface area contributed by atoms with Gasteiger partial charge in [-0.25, -0.2) is 4.39 Å². The summed E-state index contributed by atoms with van der Waals surface area (Å²) in [5.41, 5.74) is 1.96.